The Balaban J connectivity index is 3.35. The van der Waals surface area contributed by atoms with E-state index in [1.807, 2.05) is 0 Å². The van der Waals surface area contributed by atoms with Crippen molar-refractivity contribution in [1.29, 1.82) is 0 Å². The van der Waals surface area contributed by atoms with E-state index >= 15 is 0 Å². The summed E-state index contributed by atoms with van der Waals surface area (Å²) in [6, 6.07) is -0.541. The van der Waals surface area contributed by atoms with Crippen molar-refractivity contribution in [3.05, 3.63) is 36.5 Å². The van der Waals surface area contributed by atoms with Crippen molar-refractivity contribution >= 4 is 11.9 Å². The van der Waals surface area contributed by atoms with Gasteiger partial charge in [-0.15, -0.1) is 0 Å². The predicted molar refractivity (Wildman–Crippen MR) is 338 cm³/mol. The van der Waals surface area contributed by atoms with Gasteiger partial charge in [-0.1, -0.05) is 320 Å². The van der Waals surface area contributed by atoms with Crippen LogP contribution in [0.25, 0.3) is 0 Å². The van der Waals surface area contributed by atoms with E-state index in [0.717, 1.165) is 51.4 Å². The Bertz CT molecular complexity index is 1250. The third-order valence-electron chi connectivity index (χ3n) is 16.2. The maximum absolute atomic E-state index is 12.5. The fourth-order valence-electron chi connectivity index (χ4n) is 10.8. The normalized spacial score (nSPS) is 12.7. The Morgan fingerprint density at radius 2 is 0.649 bits per heavy atom. The van der Waals surface area contributed by atoms with E-state index in [1.165, 1.54) is 295 Å². The van der Waals surface area contributed by atoms with Crippen molar-refractivity contribution in [2.45, 2.75) is 392 Å². The number of hydrogen-bond acceptors (Lipinski definition) is 5. The lowest BCUT2D eigenvalue weighted by atomic mass is 10.0. The molecule has 6 heteroatoms. The first-order valence-corrected chi connectivity index (χ1v) is 34.7. The van der Waals surface area contributed by atoms with Crippen LogP contribution in [0, 0.1) is 0 Å². The number of aliphatic hydroxyl groups is 2. The second-order valence-corrected chi connectivity index (χ2v) is 23.9. The lowest BCUT2D eigenvalue weighted by molar-refractivity contribution is -0.143. The first kappa shape index (κ1) is 75.1. The number of esters is 1. The Morgan fingerprint density at radius 3 is 1.03 bits per heavy atom. The molecule has 0 aliphatic heterocycles. The molecule has 454 valence electrons. The first-order valence-electron chi connectivity index (χ1n) is 34.7. The van der Waals surface area contributed by atoms with Crippen LogP contribution >= 0.6 is 0 Å². The third-order valence-corrected chi connectivity index (χ3v) is 16.2. The minimum Gasteiger partial charge on any atom is -0.466 e. The largest absolute Gasteiger partial charge is 0.466 e. The van der Waals surface area contributed by atoms with E-state index in [1.54, 1.807) is 0 Å². The Morgan fingerprint density at radius 1 is 0.364 bits per heavy atom. The number of carbonyl (C=O) groups is 2. The summed E-state index contributed by atoms with van der Waals surface area (Å²) in [6.45, 7) is 4.95. The highest BCUT2D eigenvalue weighted by molar-refractivity contribution is 5.76. The summed E-state index contributed by atoms with van der Waals surface area (Å²) in [6.07, 6.45) is 84.7. The van der Waals surface area contributed by atoms with E-state index in [9.17, 15) is 19.8 Å². The Kier molecular flexibility index (Phi) is 64.9. The van der Waals surface area contributed by atoms with Gasteiger partial charge in [-0.05, 0) is 83.5 Å². The fourth-order valence-corrected chi connectivity index (χ4v) is 10.8. The molecule has 0 aromatic carbocycles. The number of nitrogens with one attached hydrogen (secondary N) is 1. The van der Waals surface area contributed by atoms with E-state index in [-0.39, 0.29) is 18.5 Å². The fraction of sp³-hybridized carbons (Fsp3) is 0.887. The highest BCUT2D eigenvalue weighted by Crippen LogP contribution is 2.18. The van der Waals surface area contributed by atoms with Gasteiger partial charge < -0.3 is 20.3 Å². The van der Waals surface area contributed by atoms with Crippen LogP contribution < -0.4 is 5.32 Å². The summed E-state index contributed by atoms with van der Waals surface area (Å²) in [5.74, 6) is -0.0211. The summed E-state index contributed by atoms with van der Waals surface area (Å²) < 4.78 is 5.51. The molecule has 0 fully saturated rings. The number of allylic oxidation sites excluding steroid dienone is 6. The van der Waals surface area contributed by atoms with E-state index in [0.29, 0.717) is 25.9 Å². The zero-order chi connectivity index (χ0) is 55.7. The molecule has 0 saturated carbocycles. The average molecular weight is 1080 g/mol. The molecule has 0 radical (unpaired) electrons. The van der Waals surface area contributed by atoms with Crippen LogP contribution in [0.1, 0.15) is 380 Å². The van der Waals surface area contributed by atoms with Crippen LogP contribution in [-0.4, -0.2) is 47.4 Å². The predicted octanol–water partition coefficient (Wildman–Crippen LogP) is 22.3. The van der Waals surface area contributed by atoms with Gasteiger partial charge in [-0.2, -0.15) is 0 Å². The molecule has 2 unspecified atom stereocenters. The molecular formula is C71H135NO5. The zero-order valence-electron chi connectivity index (χ0n) is 52.0. The molecule has 0 rings (SSSR count). The molecule has 1 amide bonds. The molecule has 6 nitrogen and oxygen atoms in total. The van der Waals surface area contributed by atoms with Gasteiger partial charge in [0.1, 0.15) is 0 Å². The SMILES string of the molecule is CCCCC/C=C\C/C=C\CCCCCCCCCCCC(=O)OCCCCCCCCCCCCCC/C=C\CCCCCCCCCCCCCCC(=O)NC(CO)C(O)CCCCCCCCCCCCCCC. The standard InChI is InChI=1S/C71H135NO5/c1-3-5-7-9-11-13-15-17-18-19-30-34-37-41-45-49-53-57-61-65-71(76)77-66-62-58-54-50-46-42-38-35-32-29-27-25-23-21-20-22-24-26-28-31-33-36-40-44-48-52-56-60-64-70(75)72-68(67-73)69(74)63-59-55-51-47-43-39-16-14-12-10-8-6-4-2/h11,13,17-18,20-21,68-69,73-74H,3-10,12,14-16,19,22-67H2,1-2H3,(H,72,75)/b13-11-,18-17-,21-20-. The summed E-state index contributed by atoms with van der Waals surface area (Å²) in [5, 5.41) is 23.3. The Labute approximate surface area is 481 Å². The van der Waals surface area contributed by atoms with Gasteiger partial charge in [0.2, 0.25) is 5.91 Å². The van der Waals surface area contributed by atoms with Gasteiger partial charge in [0.15, 0.2) is 0 Å². The zero-order valence-corrected chi connectivity index (χ0v) is 52.0. The van der Waals surface area contributed by atoms with Crippen LogP contribution in [0.2, 0.25) is 0 Å². The minimum absolute atomic E-state index is 0.0124. The van der Waals surface area contributed by atoms with E-state index < -0.39 is 12.1 Å². The highest BCUT2D eigenvalue weighted by atomic mass is 16.5. The van der Waals surface area contributed by atoms with E-state index in [4.69, 9.17) is 4.74 Å². The van der Waals surface area contributed by atoms with Crippen LogP contribution in [0.15, 0.2) is 36.5 Å². The summed E-state index contributed by atoms with van der Waals surface area (Å²) in [4.78, 5) is 24.6. The lowest BCUT2D eigenvalue weighted by Gasteiger charge is -2.22. The first-order chi connectivity index (χ1) is 38.0. The molecule has 3 N–H and O–H groups in total. The molecule has 77 heavy (non-hydrogen) atoms. The number of carbonyl (C=O) groups excluding carboxylic acids is 2. The monoisotopic (exact) mass is 1080 g/mol. The maximum Gasteiger partial charge on any atom is 0.305 e. The molecule has 0 saturated heterocycles. The number of unbranched alkanes of at least 4 members (excludes halogenated alkanes) is 48. The second kappa shape index (κ2) is 66.6. The second-order valence-electron chi connectivity index (χ2n) is 23.9. The minimum atomic E-state index is -0.663. The topological polar surface area (TPSA) is 95.9 Å². The number of aliphatic hydroxyl groups excluding tert-OH is 2. The molecule has 0 aliphatic rings. The van der Waals surface area contributed by atoms with Crippen LogP contribution in [0.4, 0.5) is 0 Å². The molecule has 0 spiro atoms. The maximum atomic E-state index is 12.5. The summed E-state index contributed by atoms with van der Waals surface area (Å²) >= 11 is 0. The van der Waals surface area contributed by atoms with Gasteiger partial charge in [-0.25, -0.2) is 0 Å². The smallest absolute Gasteiger partial charge is 0.305 e. The van der Waals surface area contributed by atoms with Crippen molar-refractivity contribution in [3.63, 3.8) is 0 Å². The van der Waals surface area contributed by atoms with Gasteiger partial charge in [0.25, 0.3) is 0 Å². The molecule has 2 atom stereocenters. The van der Waals surface area contributed by atoms with Gasteiger partial charge in [-0.3, -0.25) is 9.59 Å². The Hall–Kier alpha value is -1.92. The quantitative estimate of drug-likeness (QED) is 0.0320. The molecule has 0 heterocycles. The molecule has 0 aliphatic carbocycles. The highest BCUT2D eigenvalue weighted by Gasteiger charge is 2.20. The molecule has 0 aromatic heterocycles. The number of hydrogen-bond donors (Lipinski definition) is 3. The van der Waals surface area contributed by atoms with Crippen molar-refractivity contribution in [2.75, 3.05) is 13.2 Å². The summed E-state index contributed by atoms with van der Waals surface area (Å²) in [5.41, 5.74) is 0. The van der Waals surface area contributed by atoms with Crippen molar-refractivity contribution in [3.8, 4) is 0 Å². The average Bonchev–Trinajstić information content (AvgIpc) is 3.43. The van der Waals surface area contributed by atoms with E-state index in [2.05, 4.69) is 55.6 Å². The molecule has 0 bridgehead atoms. The van der Waals surface area contributed by atoms with Crippen molar-refractivity contribution < 1.29 is 24.5 Å². The van der Waals surface area contributed by atoms with Crippen LogP contribution in [-0.2, 0) is 14.3 Å². The number of rotatable bonds is 65. The summed E-state index contributed by atoms with van der Waals surface area (Å²) in [7, 11) is 0. The molecule has 0 aromatic rings. The van der Waals surface area contributed by atoms with Crippen molar-refractivity contribution in [1.82, 2.24) is 5.32 Å². The van der Waals surface area contributed by atoms with Crippen molar-refractivity contribution in [2.24, 2.45) is 0 Å². The number of ether oxygens (including phenoxy) is 1. The number of amides is 1. The van der Waals surface area contributed by atoms with Crippen LogP contribution in [0.5, 0.6) is 0 Å². The molecular weight excluding hydrogens is 947 g/mol. The third kappa shape index (κ3) is 63.1. The van der Waals surface area contributed by atoms with Crippen LogP contribution in [0.3, 0.4) is 0 Å². The van der Waals surface area contributed by atoms with Gasteiger partial charge in [0, 0.05) is 12.8 Å². The van der Waals surface area contributed by atoms with Gasteiger partial charge >= 0.3 is 5.97 Å². The lowest BCUT2D eigenvalue weighted by Crippen LogP contribution is -2.45. The van der Waals surface area contributed by atoms with Gasteiger partial charge in [0.05, 0.1) is 25.4 Å².